The first-order valence-corrected chi connectivity index (χ1v) is 9.90. The van der Waals surface area contributed by atoms with Crippen molar-refractivity contribution in [3.8, 4) is 10.8 Å². The number of amides is 1. The van der Waals surface area contributed by atoms with Crippen LogP contribution in [0.5, 0.6) is 0 Å². The molecule has 5 heterocycles. The number of benzene rings is 1. The number of hydrogen-bond acceptors (Lipinski definition) is 6. The Morgan fingerprint density at radius 1 is 1.33 bits per heavy atom. The van der Waals surface area contributed by atoms with E-state index in [1.165, 1.54) is 24.2 Å². The number of halogens is 1. The number of para-hydroxylation sites is 1. The zero-order valence-electron chi connectivity index (χ0n) is 15.0. The van der Waals surface area contributed by atoms with E-state index in [4.69, 9.17) is 4.42 Å². The van der Waals surface area contributed by atoms with Crippen LogP contribution in [0.3, 0.4) is 0 Å². The highest BCUT2D eigenvalue weighted by molar-refractivity contribution is 7.13. The first-order valence-electron chi connectivity index (χ1n) is 9.02. The van der Waals surface area contributed by atoms with Crippen molar-refractivity contribution in [1.29, 1.82) is 0 Å². The Balaban J connectivity index is 0.00000180. The Kier molecular flexibility index (Phi) is 4.92. The van der Waals surface area contributed by atoms with Crippen molar-refractivity contribution in [2.24, 2.45) is 5.92 Å². The van der Waals surface area contributed by atoms with Gasteiger partial charge in [0.1, 0.15) is 10.4 Å². The number of piperidine rings is 3. The third-order valence-electron chi connectivity index (χ3n) is 5.58. The lowest BCUT2D eigenvalue weighted by Crippen LogP contribution is -2.57. The summed E-state index contributed by atoms with van der Waals surface area (Å²) in [6.07, 6.45) is 2.35. The standard InChI is InChI=1S/C19H20N4O2S.ClH/c1-11-17(26-10-20-11)19-22-16-13(3-2-4-15(16)25-19)18(24)21-14-9-23-7-5-12(14)6-8-23;/h2-4,10,12,14H,5-9H2,1H3,(H,21,24);1H. The van der Waals surface area contributed by atoms with Crippen LogP contribution in [0.15, 0.2) is 28.1 Å². The van der Waals surface area contributed by atoms with Crippen LogP contribution >= 0.6 is 23.7 Å². The summed E-state index contributed by atoms with van der Waals surface area (Å²) in [5.74, 6) is 1.06. The molecular weight excluding hydrogens is 384 g/mol. The lowest BCUT2D eigenvalue weighted by atomic mass is 9.84. The number of fused-ring (bicyclic) bond motifs is 4. The largest absolute Gasteiger partial charge is 0.435 e. The molecule has 2 aromatic heterocycles. The average molecular weight is 405 g/mol. The predicted molar refractivity (Wildman–Crippen MR) is 108 cm³/mol. The molecule has 1 unspecified atom stereocenters. The van der Waals surface area contributed by atoms with Gasteiger partial charge in [-0.2, -0.15) is 0 Å². The maximum absolute atomic E-state index is 12.9. The Hall–Kier alpha value is -1.96. The van der Waals surface area contributed by atoms with Crippen molar-refractivity contribution in [3.63, 3.8) is 0 Å². The topological polar surface area (TPSA) is 71.3 Å². The van der Waals surface area contributed by atoms with E-state index in [1.807, 2.05) is 25.1 Å². The van der Waals surface area contributed by atoms with Crippen LogP contribution in [0, 0.1) is 12.8 Å². The molecule has 1 N–H and O–H groups in total. The van der Waals surface area contributed by atoms with Gasteiger partial charge in [-0.25, -0.2) is 9.97 Å². The molecule has 3 fully saturated rings. The molecule has 3 aromatic rings. The van der Waals surface area contributed by atoms with Gasteiger partial charge in [0.25, 0.3) is 5.91 Å². The molecule has 0 radical (unpaired) electrons. The van der Waals surface area contributed by atoms with Gasteiger partial charge in [-0.3, -0.25) is 4.79 Å². The van der Waals surface area contributed by atoms with Crippen LogP contribution in [0.4, 0.5) is 0 Å². The van der Waals surface area contributed by atoms with Gasteiger partial charge in [0.05, 0.1) is 16.8 Å². The normalized spacial score (nSPS) is 24.0. The Labute approximate surface area is 167 Å². The molecule has 3 aliphatic rings. The molecule has 0 saturated carbocycles. The van der Waals surface area contributed by atoms with Crippen LogP contribution in [-0.4, -0.2) is 46.5 Å². The maximum Gasteiger partial charge on any atom is 0.253 e. The van der Waals surface area contributed by atoms with E-state index in [0.29, 0.717) is 28.5 Å². The van der Waals surface area contributed by atoms with Gasteiger partial charge in [-0.1, -0.05) is 6.07 Å². The SMILES string of the molecule is Cc1ncsc1-c1nc2c(C(=O)NC3CN4CCC3CC4)cccc2o1.Cl. The van der Waals surface area contributed by atoms with Crippen molar-refractivity contribution < 1.29 is 9.21 Å². The summed E-state index contributed by atoms with van der Waals surface area (Å²) < 4.78 is 5.89. The highest BCUT2D eigenvalue weighted by atomic mass is 35.5. The number of carbonyl (C=O) groups is 1. The second kappa shape index (κ2) is 7.22. The Bertz CT molecular complexity index is 977. The van der Waals surface area contributed by atoms with Crippen molar-refractivity contribution >= 4 is 40.8 Å². The number of nitrogens with zero attached hydrogens (tertiary/aromatic N) is 3. The zero-order chi connectivity index (χ0) is 17.7. The van der Waals surface area contributed by atoms with E-state index in [1.54, 1.807) is 5.51 Å². The predicted octanol–water partition coefficient (Wildman–Crippen LogP) is 3.51. The van der Waals surface area contributed by atoms with E-state index in [0.717, 1.165) is 30.2 Å². The summed E-state index contributed by atoms with van der Waals surface area (Å²) in [6.45, 7) is 5.21. The van der Waals surface area contributed by atoms with E-state index >= 15 is 0 Å². The Morgan fingerprint density at radius 3 is 2.81 bits per heavy atom. The molecule has 3 saturated heterocycles. The monoisotopic (exact) mass is 404 g/mol. The smallest absolute Gasteiger partial charge is 0.253 e. The average Bonchev–Trinajstić information content (AvgIpc) is 3.27. The molecule has 0 aliphatic carbocycles. The molecule has 3 aliphatic heterocycles. The summed E-state index contributed by atoms with van der Waals surface area (Å²) in [6, 6.07) is 5.76. The third kappa shape index (κ3) is 3.24. The fourth-order valence-electron chi connectivity index (χ4n) is 4.11. The molecule has 27 heavy (non-hydrogen) atoms. The third-order valence-corrected chi connectivity index (χ3v) is 6.49. The highest BCUT2D eigenvalue weighted by Crippen LogP contribution is 2.31. The number of hydrogen-bond donors (Lipinski definition) is 1. The number of nitrogens with one attached hydrogen (secondary N) is 1. The van der Waals surface area contributed by atoms with Crippen LogP contribution in [0.1, 0.15) is 28.9 Å². The summed E-state index contributed by atoms with van der Waals surface area (Å²) in [4.78, 5) is 25.2. The van der Waals surface area contributed by atoms with Crippen LogP contribution in [0.25, 0.3) is 21.9 Å². The van der Waals surface area contributed by atoms with E-state index in [2.05, 4.69) is 20.2 Å². The van der Waals surface area contributed by atoms with E-state index in [9.17, 15) is 4.79 Å². The molecule has 2 bridgehead atoms. The lowest BCUT2D eigenvalue weighted by Gasteiger charge is -2.44. The molecule has 8 heteroatoms. The summed E-state index contributed by atoms with van der Waals surface area (Å²) in [5.41, 5.74) is 4.50. The van der Waals surface area contributed by atoms with Gasteiger partial charge in [0.2, 0.25) is 5.89 Å². The molecule has 1 aromatic carbocycles. The maximum atomic E-state index is 12.9. The number of rotatable bonds is 3. The van der Waals surface area contributed by atoms with E-state index in [-0.39, 0.29) is 24.4 Å². The van der Waals surface area contributed by atoms with Crippen molar-refractivity contribution in [1.82, 2.24) is 20.2 Å². The molecule has 1 amide bonds. The second-order valence-corrected chi connectivity index (χ2v) is 8.01. The lowest BCUT2D eigenvalue weighted by molar-refractivity contribution is 0.0621. The minimum Gasteiger partial charge on any atom is -0.435 e. The highest BCUT2D eigenvalue weighted by Gasteiger charge is 2.35. The number of aromatic nitrogens is 2. The zero-order valence-corrected chi connectivity index (χ0v) is 16.6. The Morgan fingerprint density at radius 2 is 2.15 bits per heavy atom. The van der Waals surface area contributed by atoms with Crippen molar-refractivity contribution in [2.45, 2.75) is 25.8 Å². The van der Waals surface area contributed by atoms with Crippen molar-refractivity contribution in [3.05, 3.63) is 35.0 Å². The minimum absolute atomic E-state index is 0. The number of carbonyl (C=O) groups excluding carboxylic acids is 1. The number of aryl methyl sites for hydroxylation is 1. The van der Waals surface area contributed by atoms with Gasteiger partial charge in [-0.05, 0) is 50.9 Å². The van der Waals surface area contributed by atoms with E-state index < -0.39 is 0 Å². The van der Waals surface area contributed by atoms with Gasteiger partial charge in [0, 0.05) is 12.6 Å². The van der Waals surface area contributed by atoms with Crippen molar-refractivity contribution in [2.75, 3.05) is 19.6 Å². The fourth-order valence-corrected chi connectivity index (χ4v) is 4.84. The second-order valence-electron chi connectivity index (χ2n) is 7.16. The summed E-state index contributed by atoms with van der Waals surface area (Å²) in [5, 5.41) is 3.24. The summed E-state index contributed by atoms with van der Waals surface area (Å²) in [7, 11) is 0. The molecule has 0 spiro atoms. The van der Waals surface area contributed by atoms with Gasteiger partial charge < -0.3 is 14.6 Å². The first kappa shape index (κ1) is 18.4. The van der Waals surface area contributed by atoms with Crippen LogP contribution < -0.4 is 5.32 Å². The molecule has 6 rings (SSSR count). The van der Waals surface area contributed by atoms with Gasteiger partial charge in [-0.15, -0.1) is 23.7 Å². The number of oxazole rings is 1. The molecule has 6 nitrogen and oxygen atoms in total. The summed E-state index contributed by atoms with van der Waals surface area (Å²) >= 11 is 1.50. The van der Waals surface area contributed by atoms with Crippen LogP contribution in [-0.2, 0) is 0 Å². The molecular formula is C19H21ClN4O2S. The minimum atomic E-state index is -0.0600. The number of thiazole rings is 1. The van der Waals surface area contributed by atoms with Gasteiger partial charge >= 0.3 is 0 Å². The first-order chi connectivity index (χ1) is 12.7. The fraction of sp³-hybridized carbons (Fsp3) is 0.421. The van der Waals surface area contributed by atoms with Gasteiger partial charge in [0.15, 0.2) is 5.58 Å². The molecule has 142 valence electrons. The van der Waals surface area contributed by atoms with Crippen LogP contribution in [0.2, 0.25) is 0 Å². The molecule has 1 atom stereocenters. The quantitative estimate of drug-likeness (QED) is 0.723.